The van der Waals surface area contributed by atoms with Crippen molar-refractivity contribution in [2.75, 3.05) is 38.7 Å². The van der Waals surface area contributed by atoms with E-state index < -0.39 is 0 Å². The second-order valence-electron chi connectivity index (χ2n) is 4.83. The van der Waals surface area contributed by atoms with E-state index in [9.17, 15) is 4.79 Å². The number of anilines is 1. The Labute approximate surface area is 118 Å². The van der Waals surface area contributed by atoms with Gasteiger partial charge in [-0.1, -0.05) is 0 Å². The summed E-state index contributed by atoms with van der Waals surface area (Å²) in [6.45, 7) is 4.41. The number of pyridine rings is 1. The number of nitrogens with one attached hydrogen (secondary N) is 2. The van der Waals surface area contributed by atoms with Gasteiger partial charge in [-0.05, 0) is 19.1 Å². The normalized spacial score (nSPS) is 21.7. The molecule has 1 aromatic rings. The Morgan fingerprint density at radius 2 is 2.45 bits per heavy atom. The predicted molar refractivity (Wildman–Crippen MR) is 75.9 cm³/mol. The Bertz CT molecular complexity index is 459. The summed E-state index contributed by atoms with van der Waals surface area (Å²) in [7, 11) is 1.70. The lowest BCUT2D eigenvalue weighted by molar-refractivity contribution is -0.00620. The molecule has 1 saturated heterocycles. The Hall–Kier alpha value is -1.66. The zero-order valence-electron chi connectivity index (χ0n) is 11.9. The van der Waals surface area contributed by atoms with Gasteiger partial charge in [-0.2, -0.15) is 0 Å². The molecule has 20 heavy (non-hydrogen) atoms. The molecule has 1 aliphatic heterocycles. The van der Waals surface area contributed by atoms with Crippen LogP contribution in [-0.2, 0) is 9.47 Å². The number of carbonyl (C=O) groups excluding carboxylic acids is 1. The van der Waals surface area contributed by atoms with E-state index in [1.54, 1.807) is 19.4 Å². The fraction of sp³-hybridized carbons (Fsp3) is 0.571. The molecule has 0 aliphatic carbocycles. The minimum atomic E-state index is -0.283. The van der Waals surface area contributed by atoms with Crippen molar-refractivity contribution in [1.82, 2.24) is 10.3 Å². The van der Waals surface area contributed by atoms with Crippen molar-refractivity contribution >= 4 is 11.6 Å². The van der Waals surface area contributed by atoms with Crippen molar-refractivity contribution in [1.29, 1.82) is 0 Å². The Morgan fingerprint density at radius 1 is 1.60 bits per heavy atom. The standard InChI is InChI=1S/C14H21N3O3/c1-3-15-13(18)12-8-11(4-6-16-12)17-9-14(19-2)5-7-20-10-14/h4,6,8H,3,5,7,9-10H2,1-2H3,(H,15,18)(H,16,17). The zero-order valence-corrected chi connectivity index (χ0v) is 11.9. The van der Waals surface area contributed by atoms with Crippen LogP contribution >= 0.6 is 0 Å². The number of ether oxygens (including phenoxy) is 2. The number of amides is 1. The van der Waals surface area contributed by atoms with Crippen LogP contribution in [0.3, 0.4) is 0 Å². The van der Waals surface area contributed by atoms with Crippen molar-refractivity contribution in [3.05, 3.63) is 24.0 Å². The number of carbonyl (C=O) groups is 1. The molecular weight excluding hydrogens is 258 g/mol. The van der Waals surface area contributed by atoms with Crippen LogP contribution in [0.2, 0.25) is 0 Å². The molecule has 1 unspecified atom stereocenters. The largest absolute Gasteiger partial charge is 0.382 e. The van der Waals surface area contributed by atoms with Crippen molar-refractivity contribution in [3.8, 4) is 0 Å². The smallest absolute Gasteiger partial charge is 0.269 e. The topological polar surface area (TPSA) is 72.5 Å². The molecule has 1 aromatic heterocycles. The highest BCUT2D eigenvalue weighted by Gasteiger charge is 2.34. The lowest BCUT2D eigenvalue weighted by Gasteiger charge is -2.26. The van der Waals surface area contributed by atoms with Gasteiger partial charge in [0.15, 0.2) is 0 Å². The van der Waals surface area contributed by atoms with Crippen molar-refractivity contribution in [2.45, 2.75) is 18.9 Å². The fourth-order valence-electron chi connectivity index (χ4n) is 2.14. The van der Waals surface area contributed by atoms with E-state index in [1.807, 2.05) is 13.0 Å². The van der Waals surface area contributed by atoms with E-state index in [1.165, 1.54) is 0 Å². The average molecular weight is 279 g/mol. The van der Waals surface area contributed by atoms with Crippen LogP contribution in [0.5, 0.6) is 0 Å². The van der Waals surface area contributed by atoms with E-state index >= 15 is 0 Å². The minimum absolute atomic E-state index is 0.165. The molecule has 1 fully saturated rings. The molecule has 0 radical (unpaired) electrons. The number of rotatable bonds is 6. The molecule has 110 valence electrons. The van der Waals surface area contributed by atoms with Gasteiger partial charge in [0.2, 0.25) is 0 Å². The molecule has 0 bridgehead atoms. The number of methoxy groups -OCH3 is 1. The summed E-state index contributed by atoms with van der Waals surface area (Å²) >= 11 is 0. The van der Waals surface area contributed by atoms with Crippen LogP contribution in [0.25, 0.3) is 0 Å². The first-order valence-electron chi connectivity index (χ1n) is 6.80. The van der Waals surface area contributed by atoms with Gasteiger partial charge in [0.05, 0.1) is 6.61 Å². The highest BCUT2D eigenvalue weighted by Crippen LogP contribution is 2.23. The molecule has 2 heterocycles. The van der Waals surface area contributed by atoms with Crippen LogP contribution in [0.15, 0.2) is 18.3 Å². The Morgan fingerprint density at radius 3 is 3.10 bits per heavy atom. The summed E-state index contributed by atoms with van der Waals surface area (Å²) in [6, 6.07) is 3.58. The molecule has 1 amide bonds. The fourth-order valence-corrected chi connectivity index (χ4v) is 2.14. The van der Waals surface area contributed by atoms with Crippen molar-refractivity contribution in [3.63, 3.8) is 0 Å². The van der Waals surface area contributed by atoms with Gasteiger partial charge < -0.3 is 20.1 Å². The quantitative estimate of drug-likeness (QED) is 0.814. The van der Waals surface area contributed by atoms with Gasteiger partial charge in [-0.3, -0.25) is 9.78 Å². The lowest BCUT2D eigenvalue weighted by Crippen LogP contribution is -2.39. The summed E-state index contributed by atoms with van der Waals surface area (Å²) in [5.74, 6) is -0.165. The third-order valence-electron chi connectivity index (χ3n) is 3.44. The SMILES string of the molecule is CCNC(=O)c1cc(NCC2(OC)CCOC2)ccn1. The Kier molecular flexibility index (Phi) is 4.92. The number of nitrogens with zero attached hydrogens (tertiary/aromatic N) is 1. The molecule has 0 aromatic carbocycles. The molecule has 2 rings (SSSR count). The maximum absolute atomic E-state index is 11.7. The summed E-state index contributed by atoms with van der Waals surface area (Å²) in [5.41, 5.74) is 0.977. The third-order valence-corrected chi connectivity index (χ3v) is 3.44. The molecular formula is C14H21N3O3. The Balaban J connectivity index is 1.99. The van der Waals surface area contributed by atoms with Crippen LogP contribution in [-0.4, -0.2) is 49.9 Å². The molecule has 2 N–H and O–H groups in total. The maximum Gasteiger partial charge on any atom is 0.269 e. The van der Waals surface area contributed by atoms with Crippen molar-refractivity contribution in [2.24, 2.45) is 0 Å². The summed E-state index contributed by atoms with van der Waals surface area (Å²) < 4.78 is 10.9. The summed E-state index contributed by atoms with van der Waals surface area (Å²) in [5, 5.41) is 6.02. The van der Waals surface area contributed by atoms with E-state index in [2.05, 4.69) is 15.6 Å². The predicted octanol–water partition coefficient (Wildman–Crippen LogP) is 1.05. The van der Waals surface area contributed by atoms with Gasteiger partial charge in [0.25, 0.3) is 5.91 Å². The molecule has 6 heteroatoms. The van der Waals surface area contributed by atoms with E-state index in [-0.39, 0.29) is 11.5 Å². The van der Waals surface area contributed by atoms with E-state index in [0.717, 1.165) is 18.7 Å². The highest BCUT2D eigenvalue weighted by molar-refractivity contribution is 5.93. The van der Waals surface area contributed by atoms with Crippen LogP contribution in [0, 0.1) is 0 Å². The van der Waals surface area contributed by atoms with Gasteiger partial charge in [0, 0.05) is 45.1 Å². The van der Waals surface area contributed by atoms with Crippen LogP contribution in [0.1, 0.15) is 23.8 Å². The summed E-state index contributed by atoms with van der Waals surface area (Å²) in [6.07, 6.45) is 2.49. The highest BCUT2D eigenvalue weighted by atomic mass is 16.5. The van der Waals surface area contributed by atoms with Gasteiger partial charge >= 0.3 is 0 Å². The second-order valence-corrected chi connectivity index (χ2v) is 4.83. The average Bonchev–Trinajstić information content (AvgIpc) is 2.95. The number of hydrogen-bond acceptors (Lipinski definition) is 5. The third kappa shape index (κ3) is 3.46. The van der Waals surface area contributed by atoms with Gasteiger partial charge in [0.1, 0.15) is 11.3 Å². The molecule has 1 atom stereocenters. The van der Waals surface area contributed by atoms with E-state index in [4.69, 9.17) is 9.47 Å². The van der Waals surface area contributed by atoms with Crippen molar-refractivity contribution < 1.29 is 14.3 Å². The van der Waals surface area contributed by atoms with E-state index in [0.29, 0.717) is 25.4 Å². The first-order valence-corrected chi connectivity index (χ1v) is 6.80. The number of hydrogen-bond donors (Lipinski definition) is 2. The van der Waals surface area contributed by atoms with Gasteiger partial charge in [-0.15, -0.1) is 0 Å². The lowest BCUT2D eigenvalue weighted by atomic mass is 10.0. The molecule has 0 spiro atoms. The molecule has 6 nitrogen and oxygen atoms in total. The number of aromatic nitrogens is 1. The molecule has 0 saturated carbocycles. The monoisotopic (exact) mass is 279 g/mol. The van der Waals surface area contributed by atoms with Crippen LogP contribution < -0.4 is 10.6 Å². The second kappa shape index (κ2) is 6.67. The summed E-state index contributed by atoms with van der Waals surface area (Å²) in [4.78, 5) is 15.8. The van der Waals surface area contributed by atoms with Crippen LogP contribution in [0.4, 0.5) is 5.69 Å². The van der Waals surface area contributed by atoms with Gasteiger partial charge in [-0.25, -0.2) is 0 Å². The first-order chi connectivity index (χ1) is 9.69. The maximum atomic E-state index is 11.7. The first kappa shape index (κ1) is 14.7. The zero-order chi connectivity index (χ0) is 14.4. The molecule has 1 aliphatic rings. The minimum Gasteiger partial charge on any atom is -0.382 e.